The Labute approximate surface area is 208 Å². The van der Waals surface area contributed by atoms with Crippen LogP contribution in [0.3, 0.4) is 0 Å². The van der Waals surface area contributed by atoms with Crippen molar-refractivity contribution in [2.75, 3.05) is 39.5 Å². The van der Waals surface area contributed by atoms with Crippen LogP contribution in [0.15, 0.2) is 77.3 Å². The van der Waals surface area contributed by atoms with Crippen molar-refractivity contribution in [1.29, 1.82) is 0 Å². The van der Waals surface area contributed by atoms with Crippen LogP contribution in [0.25, 0.3) is 22.6 Å². The molecular weight excluding hydrogens is 460 g/mol. The third-order valence-electron chi connectivity index (χ3n) is 6.09. The van der Waals surface area contributed by atoms with E-state index in [1.165, 1.54) is 24.3 Å². The summed E-state index contributed by atoms with van der Waals surface area (Å²) in [6.45, 7) is 4.67. The summed E-state index contributed by atoms with van der Waals surface area (Å²) >= 11 is 0. The molecule has 36 heavy (non-hydrogen) atoms. The summed E-state index contributed by atoms with van der Waals surface area (Å²) in [4.78, 5) is 16.0. The van der Waals surface area contributed by atoms with E-state index in [4.69, 9.17) is 14.0 Å². The van der Waals surface area contributed by atoms with Gasteiger partial charge in [0.05, 0.1) is 18.8 Å². The topological polar surface area (TPSA) is 105 Å². The van der Waals surface area contributed by atoms with Crippen LogP contribution in [-0.4, -0.2) is 65.5 Å². The second-order valence-electron chi connectivity index (χ2n) is 8.49. The molecule has 0 radical (unpaired) electrons. The molecule has 1 aliphatic heterocycles. The minimum Gasteiger partial charge on any atom is -0.508 e. The first kappa shape index (κ1) is 23.6. The Balaban J connectivity index is 1.40. The fourth-order valence-electron chi connectivity index (χ4n) is 4.09. The van der Waals surface area contributed by atoms with Gasteiger partial charge in [0, 0.05) is 36.3 Å². The summed E-state index contributed by atoms with van der Waals surface area (Å²) in [5, 5.41) is 23.5. The van der Waals surface area contributed by atoms with E-state index in [-0.39, 0.29) is 17.3 Å². The molecule has 8 nitrogen and oxygen atoms in total. The molecule has 0 bridgehead atoms. The predicted molar refractivity (Wildman–Crippen MR) is 133 cm³/mol. The van der Waals surface area contributed by atoms with Gasteiger partial charge in [-0.25, -0.2) is 0 Å². The molecule has 0 unspecified atom stereocenters. The molecule has 0 saturated carbocycles. The summed E-state index contributed by atoms with van der Waals surface area (Å²) in [6, 6.07) is 19.8. The van der Waals surface area contributed by atoms with Crippen molar-refractivity contribution in [2.24, 2.45) is 0 Å². The monoisotopic (exact) mass is 486 g/mol. The summed E-state index contributed by atoms with van der Waals surface area (Å²) in [5.74, 6) is 0.936. The molecule has 184 valence electrons. The number of rotatable bonds is 8. The molecule has 5 rings (SSSR count). The Morgan fingerprint density at radius 1 is 0.861 bits per heavy atom. The zero-order valence-corrected chi connectivity index (χ0v) is 19.6. The van der Waals surface area contributed by atoms with E-state index in [0.29, 0.717) is 46.1 Å². The van der Waals surface area contributed by atoms with E-state index in [1.54, 1.807) is 48.5 Å². The molecule has 0 amide bonds. The van der Waals surface area contributed by atoms with Gasteiger partial charge in [0.1, 0.15) is 29.5 Å². The molecule has 1 aliphatic rings. The Kier molecular flexibility index (Phi) is 6.97. The van der Waals surface area contributed by atoms with Gasteiger partial charge in [-0.05, 0) is 72.8 Å². The number of morpholine rings is 1. The van der Waals surface area contributed by atoms with Crippen LogP contribution in [-0.2, 0) is 4.74 Å². The maximum atomic E-state index is 13.7. The van der Waals surface area contributed by atoms with E-state index in [1.807, 2.05) is 0 Å². The number of hydrogen-bond donors (Lipinski definition) is 2. The number of phenols is 2. The average molecular weight is 487 g/mol. The van der Waals surface area contributed by atoms with E-state index in [2.05, 4.69) is 10.1 Å². The van der Waals surface area contributed by atoms with Crippen molar-refractivity contribution in [1.82, 2.24) is 10.1 Å². The molecule has 1 aromatic heterocycles. The number of aromatic hydroxyl groups is 2. The van der Waals surface area contributed by atoms with E-state index in [0.717, 1.165) is 32.8 Å². The van der Waals surface area contributed by atoms with Gasteiger partial charge in [-0.2, -0.15) is 0 Å². The van der Waals surface area contributed by atoms with Crippen molar-refractivity contribution in [2.45, 2.75) is 0 Å². The summed E-state index contributed by atoms with van der Waals surface area (Å²) in [6.07, 6.45) is 0. The number of hydrogen-bond acceptors (Lipinski definition) is 8. The zero-order chi connectivity index (χ0) is 24.9. The highest BCUT2D eigenvalue weighted by molar-refractivity contribution is 6.15. The second-order valence-corrected chi connectivity index (χ2v) is 8.49. The van der Waals surface area contributed by atoms with Gasteiger partial charge in [0.2, 0.25) is 0 Å². The van der Waals surface area contributed by atoms with Crippen LogP contribution in [0.2, 0.25) is 0 Å². The lowest BCUT2D eigenvalue weighted by Gasteiger charge is -2.26. The van der Waals surface area contributed by atoms with Crippen LogP contribution >= 0.6 is 0 Å². The van der Waals surface area contributed by atoms with Gasteiger partial charge >= 0.3 is 0 Å². The van der Waals surface area contributed by atoms with Crippen LogP contribution in [0.4, 0.5) is 0 Å². The fraction of sp³-hybridized carbons (Fsp3) is 0.214. The Morgan fingerprint density at radius 2 is 1.47 bits per heavy atom. The maximum Gasteiger partial charge on any atom is 0.199 e. The van der Waals surface area contributed by atoms with Gasteiger partial charge in [0.15, 0.2) is 11.5 Å². The molecule has 0 spiro atoms. The number of carbonyl (C=O) groups excluding carboxylic acids is 1. The highest BCUT2D eigenvalue weighted by Gasteiger charge is 2.26. The van der Waals surface area contributed by atoms with Crippen molar-refractivity contribution in [3.05, 3.63) is 83.9 Å². The highest BCUT2D eigenvalue weighted by Crippen LogP contribution is 2.35. The third-order valence-corrected chi connectivity index (χ3v) is 6.09. The highest BCUT2D eigenvalue weighted by atomic mass is 16.5. The molecule has 4 aromatic rings. The first-order chi connectivity index (χ1) is 17.6. The smallest absolute Gasteiger partial charge is 0.199 e. The molecule has 0 aliphatic carbocycles. The molecule has 2 N–H and O–H groups in total. The minimum absolute atomic E-state index is 0.106. The van der Waals surface area contributed by atoms with Crippen molar-refractivity contribution in [3.63, 3.8) is 0 Å². The van der Waals surface area contributed by atoms with Gasteiger partial charge in [-0.15, -0.1) is 0 Å². The Hall–Kier alpha value is -4.14. The minimum atomic E-state index is -0.262. The van der Waals surface area contributed by atoms with E-state index >= 15 is 0 Å². The van der Waals surface area contributed by atoms with E-state index < -0.39 is 0 Å². The van der Waals surface area contributed by atoms with Crippen molar-refractivity contribution in [3.8, 4) is 39.8 Å². The first-order valence-corrected chi connectivity index (χ1v) is 11.7. The standard InChI is InChI=1S/C28H26N2O6/c31-22-7-1-19(2-8-22)26-25(28(36-29-26)21-3-9-23(32)10-4-21)27(33)20-5-11-24(12-6-20)35-18-15-30-13-16-34-17-14-30/h1-12,31-32H,13-18H2. The summed E-state index contributed by atoms with van der Waals surface area (Å²) < 4.78 is 16.9. The molecule has 3 aromatic carbocycles. The Morgan fingerprint density at radius 3 is 2.11 bits per heavy atom. The van der Waals surface area contributed by atoms with Crippen LogP contribution in [0.5, 0.6) is 17.2 Å². The number of ketones is 1. The quantitative estimate of drug-likeness (QED) is 0.354. The molecule has 0 atom stereocenters. The number of aromatic nitrogens is 1. The Bertz CT molecular complexity index is 1240. The summed E-state index contributed by atoms with van der Waals surface area (Å²) in [7, 11) is 0. The zero-order valence-electron chi connectivity index (χ0n) is 19.6. The normalized spacial score (nSPS) is 14.0. The molecule has 2 heterocycles. The van der Waals surface area contributed by atoms with Crippen LogP contribution < -0.4 is 4.74 Å². The van der Waals surface area contributed by atoms with Crippen molar-refractivity contribution < 1.29 is 29.0 Å². The maximum absolute atomic E-state index is 13.7. The van der Waals surface area contributed by atoms with Gasteiger partial charge in [0.25, 0.3) is 0 Å². The average Bonchev–Trinajstić information content (AvgIpc) is 3.35. The molecule has 1 saturated heterocycles. The van der Waals surface area contributed by atoms with Gasteiger partial charge in [-0.1, -0.05) is 5.16 Å². The first-order valence-electron chi connectivity index (χ1n) is 11.7. The van der Waals surface area contributed by atoms with Crippen LogP contribution in [0.1, 0.15) is 15.9 Å². The number of phenolic OH excluding ortho intramolecular Hbond substituents is 2. The fourth-order valence-corrected chi connectivity index (χ4v) is 4.09. The molecular formula is C28H26N2O6. The second kappa shape index (κ2) is 10.6. The van der Waals surface area contributed by atoms with Crippen LogP contribution in [0, 0.1) is 0 Å². The number of benzene rings is 3. The predicted octanol–water partition coefficient (Wildman–Crippen LogP) is 4.36. The lowest BCUT2D eigenvalue weighted by molar-refractivity contribution is 0.0322. The number of carbonyl (C=O) groups is 1. The number of nitrogens with zero attached hydrogens (tertiary/aromatic N) is 2. The largest absolute Gasteiger partial charge is 0.508 e. The molecule has 8 heteroatoms. The molecule has 1 fully saturated rings. The van der Waals surface area contributed by atoms with Gasteiger partial charge < -0.3 is 24.2 Å². The SMILES string of the molecule is O=C(c1ccc(OCCN2CCOCC2)cc1)c1c(-c2ccc(O)cc2)noc1-c1ccc(O)cc1. The third kappa shape index (κ3) is 5.25. The van der Waals surface area contributed by atoms with Gasteiger partial charge in [-0.3, -0.25) is 9.69 Å². The number of ether oxygens (including phenoxy) is 2. The van der Waals surface area contributed by atoms with Crippen molar-refractivity contribution >= 4 is 5.78 Å². The lowest BCUT2D eigenvalue weighted by atomic mass is 9.95. The van der Waals surface area contributed by atoms with E-state index in [9.17, 15) is 15.0 Å². The summed E-state index contributed by atoms with van der Waals surface area (Å²) in [5.41, 5.74) is 2.37. The lowest BCUT2D eigenvalue weighted by Crippen LogP contribution is -2.38.